The number of benzene rings is 1. The number of hydrogen-bond acceptors (Lipinski definition) is 4. The van der Waals surface area contributed by atoms with E-state index >= 15 is 0 Å². The van der Waals surface area contributed by atoms with E-state index in [0.717, 1.165) is 12.1 Å². The summed E-state index contributed by atoms with van der Waals surface area (Å²) in [6.07, 6.45) is -0.246. The van der Waals surface area contributed by atoms with E-state index in [4.69, 9.17) is 23.1 Å². The Hall–Kier alpha value is -1.38. The lowest BCUT2D eigenvalue weighted by Gasteiger charge is -2.24. The van der Waals surface area contributed by atoms with Crippen molar-refractivity contribution in [2.45, 2.75) is 30.7 Å². The molecule has 1 aromatic carbocycles. The molecule has 1 amide bonds. The summed E-state index contributed by atoms with van der Waals surface area (Å²) >= 11 is 5.67. The van der Waals surface area contributed by atoms with Crippen LogP contribution in [0.25, 0.3) is 0 Å². The van der Waals surface area contributed by atoms with Crippen molar-refractivity contribution in [3.63, 3.8) is 0 Å². The predicted molar refractivity (Wildman–Crippen MR) is 74.0 cm³/mol. The van der Waals surface area contributed by atoms with Crippen LogP contribution >= 0.6 is 11.6 Å². The van der Waals surface area contributed by atoms with Gasteiger partial charge in [0.1, 0.15) is 4.90 Å². The van der Waals surface area contributed by atoms with Crippen molar-refractivity contribution in [1.82, 2.24) is 4.72 Å². The SMILES string of the molecule is CC(C)(CC(N)=O)NS(=O)(=O)c1cc(Cl)cc(N)c1F. The van der Waals surface area contributed by atoms with Gasteiger partial charge in [-0.3, -0.25) is 4.79 Å². The molecule has 6 nitrogen and oxygen atoms in total. The highest BCUT2D eigenvalue weighted by Gasteiger charge is 2.30. The van der Waals surface area contributed by atoms with Crippen LogP contribution in [-0.2, 0) is 14.8 Å². The number of nitrogens with one attached hydrogen (secondary N) is 1. The summed E-state index contributed by atoms with van der Waals surface area (Å²) in [6, 6.07) is 2.04. The number of carbonyl (C=O) groups excluding carboxylic acids is 1. The molecule has 0 heterocycles. The van der Waals surface area contributed by atoms with E-state index in [1.807, 2.05) is 0 Å². The standard InChI is InChI=1S/C11H15ClFN3O3S/c1-11(2,5-9(15)17)16-20(18,19)8-4-6(12)3-7(14)10(8)13/h3-4,16H,5,14H2,1-2H3,(H2,15,17). The van der Waals surface area contributed by atoms with Gasteiger partial charge >= 0.3 is 0 Å². The molecule has 0 aliphatic heterocycles. The molecule has 0 radical (unpaired) electrons. The Labute approximate surface area is 121 Å². The summed E-state index contributed by atoms with van der Waals surface area (Å²) in [6.45, 7) is 2.89. The van der Waals surface area contributed by atoms with E-state index in [0.29, 0.717) is 0 Å². The molecule has 5 N–H and O–H groups in total. The maximum absolute atomic E-state index is 13.8. The average Bonchev–Trinajstić information content (AvgIpc) is 2.19. The molecular weight excluding hydrogens is 309 g/mol. The molecule has 0 aliphatic carbocycles. The Bertz CT molecular complexity index is 647. The Morgan fingerprint density at radius 2 is 2.00 bits per heavy atom. The van der Waals surface area contributed by atoms with Crippen molar-refractivity contribution in [2.75, 3.05) is 5.73 Å². The van der Waals surface area contributed by atoms with Crippen molar-refractivity contribution in [3.8, 4) is 0 Å². The lowest BCUT2D eigenvalue weighted by Crippen LogP contribution is -2.46. The number of nitrogen functional groups attached to an aromatic ring is 1. The van der Waals surface area contributed by atoms with Gasteiger partial charge in [-0.2, -0.15) is 0 Å². The smallest absolute Gasteiger partial charge is 0.244 e. The molecule has 0 unspecified atom stereocenters. The molecule has 9 heteroatoms. The van der Waals surface area contributed by atoms with Crippen LogP contribution in [0.15, 0.2) is 17.0 Å². The molecule has 0 bridgehead atoms. The normalized spacial score (nSPS) is 12.4. The first-order chi connectivity index (χ1) is 8.94. The van der Waals surface area contributed by atoms with Crippen LogP contribution < -0.4 is 16.2 Å². The van der Waals surface area contributed by atoms with Crippen molar-refractivity contribution >= 4 is 33.2 Å². The second kappa shape index (κ2) is 5.55. The number of carbonyl (C=O) groups is 1. The summed E-state index contributed by atoms with van der Waals surface area (Å²) in [5, 5.41) is -0.0167. The van der Waals surface area contributed by atoms with Crippen LogP contribution in [0.5, 0.6) is 0 Å². The fourth-order valence-corrected chi connectivity index (χ4v) is 3.51. The van der Waals surface area contributed by atoms with Gasteiger partial charge in [-0.1, -0.05) is 11.6 Å². The zero-order valence-electron chi connectivity index (χ0n) is 10.9. The third-order valence-corrected chi connectivity index (χ3v) is 4.26. The average molecular weight is 324 g/mol. The molecule has 0 aromatic heterocycles. The minimum atomic E-state index is -4.24. The van der Waals surface area contributed by atoms with Crippen LogP contribution in [0.1, 0.15) is 20.3 Å². The molecule has 0 saturated carbocycles. The topological polar surface area (TPSA) is 115 Å². The van der Waals surface area contributed by atoms with Gasteiger partial charge < -0.3 is 11.5 Å². The molecule has 0 fully saturated rings. The highest BCUT2D eigenvalue weighted by molar-refractivity contribution is 7.89. The van der Waals surface area contributed by atoms with Crippen molar-refractivity contribution in [2.24, 2.45) is 5.73 Å². The zero-order chi connectivity index (χ0) is 15.7. The van der Waals surface area contributed by atoms with Gasteiger partial charge in [-0.25, -0.2) is 17.5 Å². The molecular formula is C11H15ClFN3O3S. The van der Waals surface area contributed by atoms with Crippen molar-refractivity contribution in [1.29, 1.82) is 0 Å². The van der Waals surface area contributed by atoms with Crippen LogP contribution in [-0.4, -0.2) is 19.9 Å². The monoisotopic (exact) mass is 323 g/mol. The Morgan fingerprint density at radius 1 is 1.45 bits per heavy atom. The Balaban J connectivity index is 3.22. The number of nitrogens with two attached hydrogens (primary N) is 2. The van der Waals surface area contributed by atoms with E-state index in [2.05, 4.69) is 4.72 Å². The minimum absolute atomic E-state index is 0.0167. The van der Waals surface area contributed by atoms with E-state index in [9.17, 15) is 17.6 Å². The number of halogens is 2. The molecule has 0 atom stereocenters. The summed E-state index contributed by atoms with van der Waals surface area (Å²) in [4.78, 5) is 10.2. The Morgan fingerprint density at radius 3 is 2.50 bits per heavy atom. The van der Waals surface area contributed by atoms with E-state index in [-0.39, 0.29) is 17.1 Å². The zero-order valence-corrected chi connectivity index (χ0v) is 12.5. The van der Waals surface area contributed by atoms with Gasteiger partial charge in [0.05, 0.1) is 5.69 Å². The lowest BCUT2D eigenvalue weighted by atomic mass is 10.0. The van der Waals surface area contributed by atoms with Crippen LogP contribution in [0, 0.1) is 5.82 Å². The number of anilines is 1. The first-order valence-corrected chi connectivity index (χ1v) is 7.37. The minimum Gasteiger partial charge on any atom is -0.396 e. The van der Waals surface area contributed by atoms with E-state index < -0.39 is 32.2 Å². The summed E-state index contributed by atoms with van der Waals surface area (Å²) in [7, 11) is -4.24. The van der Waals surface area contributed by atoms with Crippen molar-refractivity contribution in [3.05, 3.63) is 23.0 Å². The number of sulfonamides is 1. The highest BCUT2D eigenvalue weighted by Crippen LogP contribution is 2.26. The van der Waals surface area contributed by atoms with Crippen molar-refractivity contribution < 1.29 is 17.6 Å². The lowest BCUT2D eigenvalue weighted by molar-refractivity contribution is -0.119. The van der Waals surface area contributed by atoms with Gasteiger partial charge in [-0.15, -0.1) is 0 Å². The first kappa shape index (κ1) is 16.7. The second-order valence-corrected chi connectivity index (χ2v) is 7.03. The quantitative estimate of drug-likeness (QED) is 0.701. The third kappa shape index (κ3) is 4.06. The maximum Gasteiger partial charge on any atom is 0.244 e. The van der Waals surface area contributed by atoms with Gasteiger partial charge in [0, 0.05) is 17.0 Å². The molecule has 20 heavy (non-hydrogen) atoms. The molecule has 112 valence electrons. The summed E-state index contributed by atoms with van der Waals surface area (Å²) < 4.78 is 40.3. The number of amides is 1. The molecule has 0 spiro atoms. The highest BCUT2D eigenvalue weighted by atomic mass is 35.5. The first-order valence-electron chi connectivity index (χ1n) is 5.51. The molecule has 1 rings (SSSR count). The number of primary amides is 1. The summed E-state index contributed by atoms with van der Waals surface area (Å²) in [5.74, 6) is -1.79. The van der Waals surface area contributed by atoms with Gasteiger partial charge in [0.15, 0.2) is 5.82 Å². The summed E-state index contributed by atoms with van der Waals surface area (Å²) in [5.41, 5.74) is 8.81. The van der Waals surface area contributed by atoms with E-state index in [1.165, 1.54) is 13.8 Å². The fraction of sp³-hybridized carbons (Fsp3) is 0.364. The molecule has 0 saturated heterocycles. The largest absolute Gasteiger partial charge is 0.396 e. The number of rotatable bonds is 5. The predicted octanol–water partition coefficient (Wildman–Crippen LogP) is 0.994. The van der Waals surface area contributed by atoms with Gasteiger partial charge in [0.25, 0.3) is 0 Å². The fourth-order valence-electron chi connectivity index (χ4n) is 1.67. The molecule has 1 aromatic rings. The van der Waals surface area contributed by atoms with Crippen LogP contribution in [0.2, 0.25) is 5.02 Å². The van der Waals surface area contributed by atoms with Crippen LogP contribution in [0.4, 0.5) is 10.1 Å². The van der Waals surface area contributed by atoms with E-state index in [1.54, 1.807) is 0 Å². The second-order valence-electron chi connectivity index (χ2n) is 4.94. The van der Waals surface area contributed by atoms with Gasteiger partial charge in [-0.05, 0) is 26.0 Å². The third-order valence-electron chi connectivity index (χ3n) is 2.35. The molecule has 0 aliphatic rings. The van der Waals surface area contributed by atoms with Crippen LogP contribution in [0.3, 0.4) is 0 Å². The van der Waals surface area contributed by atoms with Gasteiger partial charge in [0.2, 0.25) is 15.9 Å². The maximum atomic E-state index is 13.8. The number of hydrogen-bond donors (Lipinski definition) is 3. The Kier molecular flexibility index (Phi) is 4.62.